The van der Waals surface area contributed by atoms with E-state index in [4.69, 9.17) is 4.42 Å². The van der Waals surface area contributed by atoms with Gasteiger partial charge in [0.25, 0.3) is 5.22 Å². The van der Waals surface area contributed by atoms with Crippen molar-refractivity contribution in [3.8, 4) is 0 Å². The van der Waals surface area contributed by atoms with Crippen LogP contribution in [0.25, 0.3) is 0 Å². The minimum Gasteiger partial charge on any atom is -0.437 e. The Balaban J connectivity index is 1.75. The first kappa shape index (κ1) is 15.8. The van der Waals surface area contributed by atoms with Crippen LogP contribution in [0.2, 0.25) is 0 Å². The van der Waals surface area contributed by atoms with Gasteiger partial charge in [0, 0.05) is 17.7 Å². The number of rotatable bonds is 4. The van der Waals surface area contributed by atoms with Crippen LogP contribution in [0.5, 0.6) is 0 Å². The number of benzene rings is 1. The predicted molar refractivity (Wildman–Crippen MR) is 89.0 cm³/mol. The summed E-state index contributed by atoms with van der Waals surface area (Å²) in [6.07, 6.45) is 1.13. The summed E-state index contributed by atoms with van der Waals surface area (Å²) in [6.45, 7) is 5.59. The Morgan fingerprint density at radius 3 is 2.83 bits per heavy atom. The molecule has 0 saturated carbocycles. The number of hydrogen-bond acceptors (Lipinski definition) is 5. The third kappa shape index (κ3) is 3.32. The van der Waals surface area contributed by atoms with Gasteiger partial charge in [0.1, 0.15) is 5.76 Å². The minimum absolute atomic E-state index is 0.0233. The van der Waals surface area contributed by atoms with Gasteiger partial charge < -0.3 is 9.73 Å². The van der Waals surface area contributed by atoms with Gasteiger partial charge in [0.05, 0.1) is 10.9 Å². The number of Topliss-reactive ketones (excluding diaryl/α,β-unsaturated/α-hetero) is 1. The number of thioether (sulfide) groups is 1. The highest BCUT2D eigenvalue weighted by Gasteiger charge is 2.22. The lowest BCUT2D eigenvalue weighted by Gasteiger charge is -2.18. The van der Waals surface area contributed by atoms with Gasteiger partial charge >= 0.3 is 0 Å². The summed E-state index contributed by atoms with van der Waals surface area (Å²) in [5, 5.41) is 3.05. The zero-order chi connectivity index (χ0) is 16.6. The number of nitrogens with zero attached hydrogens (tertiary/aromatic N) is 1. The second-order valence-electron chi connectivity index (χ2n) is 5.67. The number of aryl methyl sites for hydroxylation is 3. The average molecular weight is 330 g/mol. The van der Waals surface area contributed by atoms with E-state index in [-0.39, 0.29) is 16.9 Å². The Hall–Kier alpha value is -2.08. The summed E-state index contributed by atoms with van der Waals surface area (Å²) >= 11 is 1.32. The molecule has 23 heavy (non-hydrogen) atoms. The van der Waals surface area contributed by atoms with Gasteiger partial charge in [-0.05, 0) is 51.0 Å². The summed E-state index contributed by atoms with van der Waals surface area (Å²) in [5.41, 5.74) is 3.31. The Bertz CT molecular complexity index is 763. The van der Waals surface area contributed by atoms with Crippen molar-refractivity contribution in [2.45, 2.75) is 44.1 Å². The molecule has 0 unspecified atom stereocenters. The van der Waals surface area contributed by atoms with Crippen molar-refractivity contribution < 1.29 is 14.0 Å². The van der Waals surface area contributed by atoms with Crippen LogP contribution in [-0.2, 0) is 11.2 Å². The van der Waals surface area contributed by atoms with E-state index in [2.05, 4.69) is 10.3 Å². The molecule has 3 rings (SSSR count). The van der Waals surface area contributed by atoms with E-state index >= 15 is 0 Å². The van der Waals surface area contributed by atoms with E-state index < -0.39 is 0 Å². The van der Waals surface area contributed by atoms with Crippen molar-refractivity contribution in [2.75, 3.05) is 5.32 Å². The molecule has 0 aliphatic carbocycles. The molecule has 1 amide bonds. The highest BCUT2D eigenvalue weighted by Crippen LogP contribution is 2.29. The van der Waals surface area contributed by atoms with Gasteiger partial charge in [0.2, 0.25) is 5.91 Å². The maximum Gasteiger partial charge on any atom is 0.256 e. The van der Waals surface area contributed by atoms with Crippen molar-refractivity contribution in [2.24, 2.45) is 0 Å². The first-order valence-corrected chi connectivity index (χ1v) is 8.39. The van der Waals surface area contributed by atoms with Crippen molar-refractivity contribution in [1.29, 1.82) is 0 Å². The third-order valence-corrected chi connectivity index (χ3v) is 4.88. The molecule has 2 heterocycles. The number of oxazole rings is 1. The van der Waals surface area contributed by atoms with Crippen LogP contribution < -0.4 is 5.32 Å². The minimum atomic E-state index is -0.288. The van der Waals surface area contributed by atoms with Crippen LogP contribution in [-0.4, -0.2) is 21.9 Å². The molecule has 1 aromatic heterocycles. The number of aromatic nitrogens is 1. The molecule has 1 aliphatic heterocycles. The Morgan fingerprint density at radius 1 is 1.35 bits per heavy atom. The van der Waals surface area contributed by atoms with E-state index in [1.54, 1.807) is 12.1 Å². The van der Waals surface area contributed by atoms with E-state index in [9.17, 15) is 9.59 Å². The molecule has 120 valence electrons. The standard InChI is InChI=1S/C17H18N2O3S/c1-9-10(2)22-17(18-9)23-11(3)16(21)13-4-6-14-12(8-13)5-7-15(20)19-14/h4,6,8,11H,5,7H2,1-3H3,(H,19,20)/t11-/m1/s1. The Kier molecular flexibility index (Phi) is 4.26. The van der Waals surface area contributed by atoms with Gasteiger partial charge in [-0.3, -0.25) is 9.59 Å². The molecule has 1 aliphatic rings. The summed E-state index contributed by atoms with van der Waals surface area (Å²) in [4.78, 5) is 28.3. The molecule has 0 radical (unpaired) electrons. The van der Waals surface area contributed by atoms with Gasteiger partial charge in [-0.25, -0.2) is 4.98 Å². The van der Waals surface area contributed by atoms with Crippen LogP contribution in [0.15, 0.2) is 27.8 Å². The lowest BCUT2D eigenvalue weighted by Crippen LogP contribution is -2.20. The third-order valence-electron chi connectivity index (χ3n) is 3.94. The Labute approximate surface area is 138 Å². The molecule has 0 fully saturated rings. The normalized spacial score (nSPS) is 15.0. The maximum absolute atomic E-state index is 12.6. The van der Waals surface area contributed by atoms with E-state index in [1.165, 1.54) is 11.8 Å². The SMILES string of the molecule is Cc1nc(S[C@H](C)C(=O)c2ccc3c(c2)CCC(=O)N3)oc1C. The topological polar surface area (TPSA) is 72.2 Å². The number of nitrogens with one attached hydrogen (secondary N) is 1. The molecule has 5 nitrogen and oxygen atoms in total. The van der Waals surface area contributed by atoms with Crippen LogP contribution in [0, 0.1) is 13.8 Å². The number of carbonyl (C=O) groups is 2. The van der Waals surface area contributed by atoms with Gasteiger partial charge in [-0.2, -0.15) is 0 Å². The molecule has 0 saturated heterocycles. The first-order chi connectivity index (χ1) is 10.9. The summed E-state index contributed by atoms with van der Waals surface area (Å²) in [5.74, 6) is 0.829. The lowest BCUT2D eigenvalue weighted by atomic mass is 9.98. The number of ketones is 1. The number of carbonyl (C=O) groups excluding carboxylic acids is 2. The molecular formula is C17H18N2O3S. The van der Waals surface area contributed by atoms with E-state index in [0.29, 0.717) is 23.6 Å². The number of fused-ring (bicyclic) bond motifs is 1. The lowest BCUT2D eigenvalue weighted by molar-refractivity contribution is -0.116. The fourth-order valence-corrected chi connectivity index (χ4v) is 3.38. The number of amides is 1. The molecule has 6 heteroatoms. The smallest absolute Gasteiger partial charge is 0.256 e. The van der Waals surface area contributed by atoms with Crippen molar-refractivity contribution in [3.63, 3.8) is 0 Å². The molecule has 1 aromatic carbocycles. The van der Waals surface area contributed by atoms with Crippen LogP contribution >= 0.6 is 11.8 Å². The fourth-order valence-electron chi connectivity index (χ4n) is 2.47. The second-order valence-corrected chi connectivity index (χ2v) is 6.96. The van der Waals surface area contributed by atoms with Crippen molar-refractivity contribution in [1.82, 2.24) is 4.98 Å². The number of anilines is 1. The van der Waals surface area contributed by atoms with Gasteiger partial charge in [-0.15, -0.1) is 0 Å². The molecule has 1 N–H and O–H groups in total. The molecule has 1 atom stereocenters. The zero-order valence-electron chi connectivity index (χ0n) is 13.3. The second kappa shape index (κ2) is 6.20. The van der Waals surface area contributed by atoms with Crippen LogP contribution in [0.3, 0.4) is 0 Å². The zero-order valence-corrected chi connectivity index (χ0v) is 14.1. The van der Waals surface area contributed by atoms with Gasteiger partial charge in [0.15, 0.2) is 5.78 Å². The molecule has 2 aromatic rings. The maximum atomic E-state index is 12.6. The van der Waals surface area contributed by atoms with E-state index in [0.717, 1.165) is 22.7 Å². The van der Waals surface area contributed by atoms with Crippen molar-refractivity contribution >= 4 is 29.1 Å². The molecule has 0 bridgehead atoms. The largest absolute Gasteiger partial charge is 0.437 e. The first-order valence-electron chi connectivity index (χ1n) is 7.51. The van der Waals surface area contributed by atoms with Crippen LogP contribution in [0.4, 0.5) is 5.69 Å². The predicted octanol–water partition coefficient (Wildman–Crippen LogP) is 3.54. The monoisotopic (exact) mass is 330 g/mol. The van der Waals surface area contributed by atoms with Crippen LogP contribution in [0.1, 0.15) is 40.7 Å². The summed E-state index contributed by atoms with van der Waals surface area (Å²) in [7, 11) is 0. The van der Waals surface area contributed by atoms with E-state index in [1.807, 2.05) is 26.8 Å². The highest BCUT2D eigenvalue weighted by molar-refractivity contribution is 8.00. The molecule has 0 spiro atoms. The Morgan fingerprint density at radius 2 is 2.13 bits per heavy atom. The fraction of sp³-hybridized carbons (Fsp3) is 0.353. The average Bonchev–Trinajstić information content (AvgIpc) is 2.83. The summed E-state index contributed by atoms with van der Waals surface area (Å²) < 4.78 is 5.53. The van der Waals surface area contributed by atoms with Gasteiger partial charge in [-0.1, -0.05) is 11.8 Å². The number of hydrogen-bond donors (Lipinski definition) is 1. The summed E-state index contributed by atoms with van der Waals surface area (Å²) in [6, 6.07) is 5.44. The van der Waals surface area contributed by atoms with Crippen molar-refractivity contribution in [3.05, 3.63) is 40.8 Å². The highest BCUT2D eigenvalue weighted by atomic mass is 32.2. The molecular weight excluding hydrogens is 312 g/mol. The quantitative estimate of drug-likeness (QED) is 0.686.